The molecule has 7 heteroatoms. The van der Waals surface area contributed by atoms with Crippen molar-refractivity contribution >= 4 is 29.1 Å². The summed E-state index contributed by atoms with van der Waals surface area (Å²) in [6.45, 7) is 3.43. The average Bonchev–Trinajstić information content (AvgIpc) is 2.79. The Hall–Kier alpha value is -2.60. The number of rotatable bonds is 3. The van der Waals surface area contributed by atoms with Crippen LogP contribution in [0.1, 0.15) is 23.2 Å². The van der Waals surface area contributed by atoms with Crippen LogP contribution in [-0.2, 0) is 4.79 Å². The number of halogens is 2. The van der Waals surface area contributed by atoms with E-state index in [4.69, 9.17) is 11.6 Å². The molecule has 4 rings (SSSR count). The highest BCUT2D eigenvalue weighted by atomic mass is 35.5. The molecule has 5 nitrogen and oxygen atoms in total. The van der Waals surface area contributed by atoms with Gasteiger partial charge in [0.1, 0.15) is 5.82 Å². The van der Waals surface area contributed by atoms with Crippen molar-refractivity contribution < 1.29 is 14.0 Å². The first kappa shape index (κ1) is 20.7. The number of benzene rings is 2. The number of anilines is 1. The molecule has 2 aromatic carbocycles. The van der Waals surface area contributed by atoms with E-state index in [1.165, 1.54) is 6.07 Å². The molecule has 1 unspecified atom stereocenters. The molecule has 2 amide bonds. The van der Waals surface area contributed by atoms with Crippen molar-refractivity contribution in [2.75, 3.05) is 44.2 Å². The summed E-state index contributed by atoms with van der Waals surface area (Å²) in [5, 5.41) is 0.591. The number of piperazine rings is 1. The third-order valence-electron chi connectivity index (χ3n) is 5.93. The number of hydrogen-bond acceptors (Lipinski definition) is 3. The van der Waals surface area contributed by atoms with Gasteiger partial charge in [0.2, 0.25) is 5.91 Å². The number of hydrogen-bond donors (Lipinski definition) is 0. The highest BCUT2D eigenvalue weighted by molar-refractivity contribution is 6.30. The molecular formula is C23H25ClFN3O2. The van der Waals surface area contributed by atoms with Gasteiger partial charge in [0.25, 0.3) is 5.91 Å². The molecule has 2 fully saturated rings. The number of amides is 2. The Morgan fingerprint density at radius 1 is 0.900 bits per heavy atom. The SMILES string of the molecule is O=C(c1ccc(Cl)cc1)N1CCCC(C(=O)N2CCN(c3ccccc3F)CC2)C1. The van der Waals surface area contributed by atoms with E-state index in [-0.39, 0.29) is 23.5 Å². The van der Waals surface area contributed by atoms with Crippen LogP contribution in [0.3, 0.4) is 0 Å². The van der Waals surface area contributed by atoms with Gasteiger partial charge in [-0.15, -0.1) is 0 Å². The van der Waals surface area contributed by atoms with Crippen LogP contribution >= 0.6 is 11.6 Å². The summed E-state index contributed by atoms with van der Waals surface area (Å²) in [5.74, 6) is -0.388. The first-order chi connectivity index (χ1) is 14.5. The predicted molar refractivity (Wildman–Crippen MR) is 115 cm³/mol. The van der Waals surface area contributed by atoms with E-state index in [0.717, 1.165) is 12.8 Å². The Balaban J connectivity index is 1.35. The minimum Gasteiger partial charge on any atom is -0.366 e. The van der Waals surface area contributed by atoms with Crippen LogP contribution in [0.5, 0.6) is 0 Å². The van der Waals surface area contributed by atoms with E-state index < -0.39 is 0 Å². The maximum Gasteiger partial charge on any atom is 0.253 e. The highest BCUT2D eigenvalue weighted by Gasteiger charge is 2.33. The van der Waals surface area contributed by atoms with Crippen molar-refractivity contribution in [1.82, 2.24) is 9.80 Å². The molecule has 0 N–H and O–H groups in total. The fourth-order valence-corrected chi connectivity index (χ4v) is 4.40. The van der Waals surface area contributed by atoms with Crippen molar-refractivity contribution in [2.45, 2.75) is 12.8 Å². The Kier molecular flexibility index (Phi) is 6.23. The monoisotopic (exact) mass is 429 g/mol. The zero-order valence-electron chi connectivity index (χ0n) is 16.8. The molecule has 1 atom stereocenters. The minimum atomic E-state index is -0.235. The van der Waals surface area contributed by atoms with Gasteiger partial charge in [-0.1, -0.05) is 23.7 Å². The lowest BCUT2D eigenvalue weighted by Gasteiger charge is -2.39. The summed E-state index contributed by atoms with van der Waals surface area (Å²) in [4.78, 5) is 31.5. The molecule has 2 aromatic rings. The normalized spacial score (nSPS) is 19.7. The molecule has 0 saturated carbocycles. The Morgan fingerprint density at radius 3 is 2.30 bits per heavy atom. The van der Waals surface area contributed by atoms with Gasteiger partial charge in [-0.2, -0.15) is 0 Å². The topological polar surface area (TPSA) is 43.9 Å². The maximum absolute atomic E-state index is 14.0. The van der Waals surface area contributed by atoms with E-state index in [1.807, 2.05) is 15.9 Å². The molecule has 0 radical (unpaired) electrons. The van der Waals surface area contributed by atoms with Gasteiger partial charge in [-0.3, -0.25) is 9.59 Å². The number of para-hydroxylation sites is 1. The van der Waals surface area contributed by atoms with E-state index in [9.17, 15) is 14.0 Å². The van der Waals surface area contributed by atoms with Crippen molar-refractivity contribution in [3.63, 3.8) is 0 Å². The predicted octanol–water partition coefficient (Wildman–Crippen LogP) is 3.68. The minimum absolute atomic E-state index is 0.0615. The molecule has 0 aromatic heterocycles. The fraction of sp³-hybridized carbons (Fsp3) is 0.391. The van der Waals surface area contributed by atoms with Crippen LogP contribution in [0.2, 0.25) is 5.02 Å². The third-order valence-corrected chi connectivity index (χ3v) is 6.19. The smallest absolute Gasteiger partial charge is 0.253 e. The van der Waals surface area contributed by atoms with Crippen LogP contribution in [0.15, 0.2) is 48.5 Å². The van der Waals surface area contributed by atoms with E-state index in [2.05, 4.69) is 0 Å². The summed E-state index contributed by atoms with van der Waals surface area (Å²) in [6, 6.07) is 13.6. The summed E-state index contributed by atoms with van der Waals surface area (Å²) >= 11 is 5.91. The van der Waals surface area contributed by atoms with Gasteiger partial charge in [-0.05, 0) is 49.2 Å². The van der Waals surface area contributed by atoms with Gasteiger partial charge in [-0.25, -0.2) is 4.39 Å². The summed E-state index contributed by atoms with van der Waals surface area (Å²) in [7, 11) is 0. The van der Waals surface area contributed by atoms with Crippen LogP contribution in [0.4, 0.5) is 10.1 Å². The Morgan fingerprint density at radius 2 is 1.60 bits per heavy atom. The molecule has 30 heavy (non-hydrogen) atoms. The standard InChI is InChI=1S/C23H25ClFN3O2/c24-19-9-7-17(8-10-19)22(29)28-11-3-4-18(16-28)23(30)27-14-12-26(13-15-27)21-6-2-1-5-20(21)25/h1-2,5-10,18H,3-4,11-16H2. The number of carbonyl (C=O) groups excluding carboxylic acids is 2. The first-order valence-electron chi connectivity index (χ1n) is 10.4. The third kappa shape index (κ3) is 4.43. The molecule has 0 aliphatic carbocycles. The van der Waals surface area contributed by atoms with Crippen molar-refractivity contribution in [2.24, 2.45) is 5.92 Å². The van der Waals surface area contributed by atoms with Gasteiger partial charge < -0.3 is 14.7 Å². The summed E-state index contributed by atoms with van der Waals surface area (Å²) in [6.07, 6.45) is 1.60. The molecule has 2 aliphatic heterocycles. The fourth-order valence-electron chi connectivity index (χ4n) is 4.27. The van der Waals surface area contributed by atoms with Crippen molar-refractivity contribution in [3.8, 4) is 0 Å². The van der Waals surface area contributed by atoms with E-state index >= 15 is 0 Å². The highest BCUT2D eigenvalue weighted by Crippen LogP contribution is 2.24. The number of piperidine rings is 1. The molecular weight excluding hydrogens is 405 g/mol. The van der Waals surface area contributed by atoms with Crippen LogP contribution in [-0.4, -0.2) is 60.9 Å². The first-order valence-corrected chi connectivity index (χ1v) is 10.7. The lowest BCUT2D eigenvalue weighted by atomic mass is 9.95. The van der Waals surface area contributed by atoms with Gasteiger partial charge in [0, 0.05) is 49.9 Å². The lowest BCUT2D eigenvalue weighted by molar-refractivity contribution is -0.137. The molecule has 2 heterocycles. The second-order valence-electron chi connectivity index (χ2n) is 7.86. The van der Waals surface area contributed by atoms with Crippen LogP contribution < -0.4 is 4.90 Å². The maximum atomic E-state index is 14.0. The van der Waals surface area contributed by atoms with Crippen LogP contribution in [0.25, 0.3) is 0 Å². The Labute approximate surface area is 181 Å². The number of nitrogens with zero attached hydrogens (tertiary/aromatic N) is 3. The van der Waals surface area contributed by atoms with Crippen LogP contribution in [0, 0.1) is 11.7 Å². The van der Waals surface area contributed by atoms with Crippen molar-refractivity contribution in [3.05, 3.63) is 64.9 Å². The molecule has 158 valence electrons. The van der Waals surface area contributed by atoms with Gasteiger partial charge in [0.05, 0.1) is 11.6 Å². The zero-order chi connectivity index (χ0) is 21.1. The second-order valence-corrected chi connectivity index (χ2v) is 8.30. The van der Waals surface area contributed by atoms with Crippen molar-refractivity contribution in [1.29, 1.82) is 0 Å². The molecule has 0 bridgehead atoms. The lowest BCUT2D eigenvalue weighted by Crippen LogP contribution is -2.53. The summed E-state index contributed by atoms with van der Waals surface area (Å²) in [5.41, 5.74) is 1.17. The zero-order valence-corrected chi connectivity index (χ0v) is 17.5. The van der Waals surface area contributed by atoms with E-state index in [0.29, 0.717) is 55.5 Å². The second kappa shape index (κ2) is 9.04. The number of carbonyl (C=O) groups is 2. The molecule has 2 saturated heterocycles. The Bertz CT molecular complexity index is 913. The largest absolute Gasteiger partial charge is 0.366 e. The summed E-state index contributed by atoms with van der Waals surface area (Å²) < 4.78 is 14.0. The van der Waals surface area contributed by atoms with Gasteiger partial charge >= 0.3 is 0 Å². The number of likely N-dealkylation sites (tertiary alicyclic amines) is 1. The van der Waals surface area contributed by atoms with Gasteiger partial charge in [0.15, 0.2) is 0 Å². The molecule has 0 spiro atoms. The average molecular weight is 430 g/mol. The van der Waals surface area contributed by atoms with E-state index in [1.54, 1.807) is 41.3 Å². The quantitative estimate of drug-likeness (QED) is 0.747. The molecule has 2 aliphatic rings.